The predicted molar refractivity (Wildman–Crippen MR) is 136 cm³/mol. The lowest BCUT2D eigenvalue weighted by Crippen LogP contribution is -2.42. The molecule has 0 saturated carbocycles. The van der Waals surface area contributed by atoms with Gasteiger partial charge in [-0.25, -0.2) is 9.59 Å². The second-order valence-electron chi connectivity index (χ2n) is 7.81. The molecule has 9 heteroatoms. The number of fused-ring (bicyclic) bond motifs is 1. The van der Waals surface area contributed by atoms with E-state index in [9.17, 15) is 14.4 Å². The Morgan fingerprint density at radius 1 is 1.09 bits per heavy atom. The molecule has 0 aliphatic rings. The summed E-state index contributed by atoms with van der Waals surface area (Å²) in [7, 11) is 1.57. The first kappa shape index (κ1) is 24.0. The highest BCUT2D eigenvalue weighted by atomic mass is 32.1. The monoisotopic (exact) mass is 491 g/mol. The third kappa shape index (κ3) is 5.88. The van der Waals surface area contributed by atoms with Crippen LogP contribution < -0.4 is 25.9 Å². The molecule has 8 nitrogen and oxygen atoms in total. The number of thiophene rings is 1. The Morgan fingerprint density at radius 3 is 2.60 bits per heavy atom. The van der Waals surface area contributed by atoms with Crippen LogP contribution in [0.1, 0.15) is 21.5 Å². The van der Waals surface area contributed by atoms with E-state index in [2.05, 4.69) is 10.6 Å². The first-order valence-electron chi connectivity index (χ1n) is 11.0. The summed E-state index contributed by atoms with van der Waals surface area (Å²) in [6.07, 6.45) is 0. The zero-order valence-corrected chi connectivity index (χ0v) is 20.2. The molecule has 0 atom stereocenters. The number of nitrogens with zero attached hydrogens (tertiary/aromatic N) is 1. The lowest BCUT2D eigenvalue weighted by molar-refractivity contribution is 0.0954. The summed E-state index contributed by atoms with van der Waals surface area (Å²) in [4.78, 5) is 37.9. The number of carbonyl (C=O) groups is 2. The van der Waals surface area contributed by atoms with Crippen LogP contribution in [0, 0.1) is 6.92 Å². The first-order valence-corrected chi connectivity index (χ1v) is 11.9. The predicted octanol–water partition coefficient (Wildman–Crippen LogP) is 4.32. The van der Waals surface area contributed by atoms with Crippen LogP contribution in [0.5, 0.6) is 5.75 Å². The third-order valence-electron chi connectivity index (χ3n) is 5.40. The Hall–Kier alpha value is -4.11. The Kier molecular flexibility index (Phi) is 7.47. The Labute approximate surface area is 206 Å². The van der Waals surface area contributed by atoms with Crippen LogP contribution in [0.3, 0.4) is 0 Å². The molecule has 2 heterocycles. The summed E-state index contributed by atoms with van der Waals surface area (Å²) in [6, 6.07) is 17.5. The van der Waals surface area contributed by atoms with Gasteiger partial charge in [0.15, 0.2) is 0 Å². The molecular formula is C26H25N3O5S. The number of carbonyl (C=O) groups excluding carboxylic acids is 2. The minimum absolute atomic E-state index is 0.222. The molecule has 2 N–H and O–H groups in total. The van der Waals surface area contributed by atoms with E-state index in [1.165, 1.54) is 17.4 Å². The Morgan fingerprint density at radius 2 is 1.89 bits per heavy atom. The number of anilines is 1. The van der Waals surface area contributed by atoms with Gasteiger partial charge in [0.2, 0.25) is 0 Å². The van der Waals surface area contributed by atoms with Gasteiger partial charge in [0.05, 0.1) is 5.00 Å². The minimum atomic E-state index is -0.395. The van der Waals surface area contributed by atoms with Crippen molar-refractivity contribution in [3.8, 4) is 5.75 Å². The summed E-state index contributed by atoms with van der Waals surface area (Å²) in [5.74, 6) is 0.361. The largest absolute Gasteiger partial charge is 0.489 e. The number of hydrogen-bond acceptors (Lipinski definition) is 6. The zero-order valence-electron chi connectivity index (χ0n) is 19.4. The van der Waals surface area contributed by atoms with Crippen LogP contribution in [0.2, 0.25) is 0 Å². The number of aryl methyl sites for hydroxylation is 1. The van der Waals surface area contributed by atoms with Gasteiger partial charge in [0, 0.05) is 43.2 Å². The second-order valence-corrected chi connectivity index (χ2v) is 8.73. The van der Waals surface area contributed by atoms with Gasteiger partial charge in [-0.3, -0.25) is 9.69 Å². The number of amides is 3. The van der Waals surface area contributed by atoms with Crippen LogP contribution in [0.25, 0.3) is 11.0 Å². The number of rotatable bonds is 8. The van der Waals surface area contributed by atoms with Gasteiger partial charge in [-0.1, -0.05) is 12.1 Å². The van der Waals surface area contributed by atoms with E-state index in [4.69, 9.17) is 9.15 Å². The smallest absolute Gasteiger partial charge is 0.336 e. The second kappa shape index (κ2) is 10.9. The van der Waals surface area contributed by atoms with Gasteiger partial charge in [0.25, 0.3) is 5.91 Å². The maximum atomic E-state index is 12.5. The van der Waals surface area contributed by atoms with Crippen molar-refractivity contribution < 1.29 is 18.7 Å². The van der Waals surface area contributed by atoms with Crippen molar-refractivity contribution in [2.24, 2.45) is 0 Å². The molecule has 4 rings (SSSR count). The van der Waals surface area contributed by atoms with E-state index in [0.29, 0.717) is 36.6 Å². The van der Waals surface area contributed by atoms with E-state index in [-0.39, 0.29) is 11.9 Å². The zero-order chi connectivity index (χ0) is 24.8. The van der Waals surface area contributed by atoms with E-state index < -0.39 is 5.63 Å². The molecule has 2 aromatic heterocycles. The summed E-state index contributed by atoms with van der Waals surface area (Å²) in [5.41, 5.74) is 2.34. The molecule has 35 heavy (non-hydrogen) atoms. The molecule has 0 bridgehead atoms. The van der Waals surface area contributed by atoms with Gasteiger partial charge in [-0.05, 0) is 59.8 Å². The fraction of sp³-hybridized carbons (Fsp3) is 0.192. The highest BCUT2D eigenvalue weighted by Crippen LogP contribution is 2.23. The molecule has 0 unspecified atom stereocenters. The molecule has 0 aliphatic heterocycles. The van der Waals surface area contributed by atoms with Gasteiger partial charge < -0.3 is 19.8 Å². The fourth-order valence-electron chi connectivity index (χ4n) is 3.57. The highest BCUT2D eigenvalue weighted by molar-refractivity contribution is 7.14. The maximum Gasteiger partial charge on any atom is 0.336 e. The van der Waals surface area contributed by atoms with Gasteiger partial charge in [0.1, 0.15) is 17.9 Å². The molecule has 0 radical (unpaired) electrons. The quantitative estimate of drug-likeness (QED) is 0.358. The van der Waals surface area contributed by atoms with Gasteiger partial charge in [-0.2, -0.15) is 0 Å². The van der Waals surface area contributed by atoms with Crippen LogP contribution in [-0.4, -0.2) is 32.1 Å². The first-order chi connectivity index (χ1) is 16.9. The molecule has 0 aliphatic carbocycles. The summed E-state index contributed by atoms with van der Waals surface area (Å²) < 4.78 is 11.1. The lowest BCUT2D eigenvalue weighted by Gasteiger charge is -2.20. The fourth-order valence-corrected chi connectivity index (χ4v) is 4.32. The SMILES string of the molecule is CNC(=O)N(CCNC(=O)c1ccc(COc2ccc3c(C)cc(=O)oc3c2)cc1)c1cccs1. The summed E-state index contributed by atoms with van der Waals surface area (Å²) in [5, 5.41) is 9.04. The average Bonchev–Trinajstić information content (AvgIpc) is 3.39. The normalized spacial score (nSPS) is 10.7. The van der Waals surface area contributed by atoms with E-state index >= 15 is 0 Å². The van der Waals surface area contributed by atoms with Crippen molar-refractivity contribution in [1.29, 1.82) is 0 Å². The number of urea groups is 1. The third-order valence-corrected chi connectivity index (χ3v) is 6.29. The number of hydrogen-bond donors (Lipinski definition) is 2. The maximum absolute atomic E-state index is 12.5. The van der Waals surface area contributed by atoms with Crippen molar-refractivity contribution in [3.05, 3.63) is 93.2 Å². The molecule has 0 fully saturated rings. The molecule has 4 aromatic rings. The topological polar surface area (TPSA) is 101 Å². The number of nitrogens with one attached hydrogen (secondary N) is 2. The summed E-state index contributed by atoms with van der Waals surface area (Å²) in [6.45, 7) is 2.82. The molecule has 2 aromatic carbocycles. The molecule has 0 saturated heterocycles. The van der Waals surface area contributed by atoms with Crippen LogP contribution >= 0.6 is 11.3 Å². The van der Waals surface area contributed by atoms with Crippen LogP contribution in [-0.2, 0) is 6.61 Å². The molecule has 180 valence electrons. The van der Waals surface area contributed by atoms with Crippen molar-refractivity contribution in [2.75, 3.05) is 25.0 Å². The van der Waals surface area contributed by atoms with Crippen LogP contribution in [0.4, 0.5) is 9.80 Å². The number of ether oxygens (including phenoxy) is 1. The van der Waals surface area contributed by atoms with Crippen molar-refractivity contribution in [3.63, 3.8) is 0 Å². The average molecular weight is 492 g/mol. The van der Waals surface area contributed by atoms with Crippen molar-refractivity contribution in [1.82, 2.24) is 10.6 Å². The number of benzene rings is 2. The molecule has 3 amide bonds. The van der Waals surface area contributed by atoms with Crippen molar-refractivity contribution >= 4 is 39.2 Å². The van der Waals surface area contributed by atoms with Crippen molar-refractivity contribution in [2.45, 2.75) is 13.5 Å². The van der Waals surface area contributed by atoms with E-state index in [0.717, 1.165) is 21.5 Å². The Bertz CT molecular complexity index is 1380. The van der Waals surface area contributed by atoms with Gasteiger partial charge >= 0.3 is 11.7 Å². The highest BCUT2D eigenvalue weighted by Gasteiger charge is 2.15. The Balaban J connectivity index is 1.31. The van der Waals surface area contributed by atoms with E-state index in [1.807, 2.05) is 48.7 Å². The minimum Gasteiger partial charge on any atom is -0.489 e. The van der Waals surface area contributed by atoms with Gasteiger partial charge in [-0.15, -0.1) is 11.3 Å². The van der Waals surface area contributed by atoms with Crippen LogP contribution in [0.15, 0.2) is 75.3 Å². The molecular weight excluding hydrogens is 466 g/mol. The lowest BCUT2D eigenvalue weighted by atomic mass is 10.1. The van der Waals surface area contributed by atoms with E-state index in [1.54, 1.807) is 30.1 Å². The standard InChI is InChI=1S/C26H25N3O5S/c1-17-14-24(30)34-22-15-20(9-10-21(17)22)33-16-18-5-7-19(8-6-18)25(31)28-11-12-29(26(32)27-2)23-4-3-13-35-23/h3-10,13-15H,11-12,16H2,1-2H3,(H,27,32)(H,28,31). The summed E-state index contributed by atoms with van der Waals surface area (Å²) >= 11 is 1.46. The molecule has 0 spiro atoms.